The third-order valence-corrected chi connectivity index (χ3v) is 4.79. The van der Waals surface area contributed by atoms with Crippen LogP contribution in [0.3, 0.4) is 0 Å². The smallest absolute Gasteiger partial charge is 0.338 e. The van der Waals surface area contributed by atoms with E-state index >= 15 is 0 Å². The van der Waals surface area contributed by atoms with Gasteiger partial charge in [-0.3, -0.25) is 4.99 Å². The van der Waals surface area contributed by atoms with Crippen LogP contribution < -0.4 is 9.47 Å². The lowest BCUT2D eigenvalue weighted by Gasteiger charge is -2.11. The van der Waals surface area contributed by atoms with Crippen molar-refractivity contribution < 1.29 is 19.0 Å². The minimum absolute atomic E-state index is 0.245. The second kappa shape index (κ2) is 7.83. The van der Waals surface area contributed by atoms with Crippen molar-refractivity contribution in [1.82, 2.24) is 4.57 Å². The number of hydrogen-bond acceptors (Lipinski definition) is 5. The summed E-state index contributed by atoms with van der Waals surface area (Å²) in [4.78, 5) is 16.7. The highest BCUT2D eigenvalue weighted by Gasteiger charge is 2.14. The molecule has 0 unspecified atom stereocenters. The predicted octanol–water partition coefficient (Wildman–Crippen LogP) is 4.75. The Bertz CT molecular complexity index is 1100. The molecular weight excluding hydrogens is 368 g/mol. The number of fused-ring (bicyclic) bond motifs is 1. The van der Waals surface area contributed by atoms with Gasteiger partial charge in [0.25, 0.3) is 0 Å². The number of hydrogen-bond donors (Lipinski definition) is 0. The molecule has 0 N–H and O–H groups in total. The van der Waals surface area contributed by atoms with Gasteiger partial charge in [0.05, 0.1) is 17.9 Å². The van der Waals surface area contributed by atoms with Gasteiger partial charge in [-0.2, -0.15) is 0 Å². The maximum atomic E-state index is 12.1. The molecule has 6 nitrogen and oxygen atoms in total. The standard InChI is InChI=1S/C23H22N2O4/c1-4-27-23(26)17-6-5-7-20(11-17)25-15(2)10-18(16(25)3)13-24-19-8-9-21-22(12-19)29-14-28-21/h5-13H,4,14H2,1-3H3. The molecule has 1 aliphatic rings. The van der Waals surface area contributed by atoms with Crippen molar-refractivity contribution in [2.75, 3.05) is 13.4 Å². The van der Waals surface area contributed by atoms with Crippen LogP contribution in [0, 0.1) is 13.8 Å². The van der Waals surface area contributed by atoms with Gasteiger partial charge in [-0.15, -0.1) is 0 Å². The van der Waals surface area contributed by atoms with Gasteiger partial charge in [-0.1, -0.05) is 6.07 Å². The second-order valence-corrected chi connectivity index (χ2v) is 6.73. The number of carbonyl (C=O) groups excluding carboxylic acids is 1. The molecule has 2 heterocycles. The van der Waals surface area contributed by atoms with Crippen LogP contribution in [0.1, 0.15) is 34.2 Å². The zero-order chi connectivity index (χ0) is 20.4. The Morgan fingerprint density at radius 2 is 1.97 bits per heavy atom. The van der Waals surface area contributed by atoms with Gasteiger partial charge < -0.3 is 18.8 Å². The number of carbonyl (C=O) groups is 1. The van der Waals surface area contributed by atoms with Gasteiger partial charge in [0, 0.05) is 34.9 Å². The molecule has 0 spiro atoms. The number of benzene rings is 2. The predicted molar refractivity (Wildman–Crippen MR) is 111 cm³/mol. The Hall–Kier alpha value is -3.54. The molecule has 0 saturated heterocycles. The quantitative estimate of drug-likeness (QED) is 0.466. The molecular formula is C23H22N2O4. The Kier molecular flexibility index (Phi) is 5.08. The molecule has 0 radical (unpaired) electrons. The molecule has 0 saturated carbocycles. The SMILES string of the molecule is CCOC(=O)c1cccc(-n2c(C)cc(C=Nc3ccc4c(c3)OCO4)c2C)c1. The van der Waals surface area contributed by atoms with Crippen LogP contribution in [0.25, 0.3) is 5.69 Å². The van der Waals surface area contributed by atoms with Crippen molar-refractivity contribution in [3.05, 3.63) is 71.0 Å². The molecule has 0 fully saturated rings. The lowest BCUT2D eigenvalue weighted by molar-refractivity contribution is 0.0526. The average Bonchev–Trinajstić information content (AvgIpc) is 3.30. The Labute approximate surface area is 169 Å². The first-order valence-electron chi connectivity index (χ1n) is 9.47. The summed E-state index contributed by atoms with van der Waals surface area (Å²) in [6.45, 7) is 6.46. The molecule has 0 bridgehead atoms. The van der Waals surface area contributed by atoms with E-state index in [9.17, 15) is 4.79 Å². The molecule has 4 rings (SSSR count). The first-order chi connectivity index (χ1) is 14.1. The highest BCUT2D eigenvalue weighted by molar-refractivity contribution is 5.90. The number of aliphatic imine (C=N–C) groups is 1. The third kappa shape index (κ3) is 3.74. The molecule has 3 aromatic rings. The van der Waals surface area contributed by atoms with E-state index in [-0.39, 0.29) is 12.8 Å². The van der Waals surface area contributed by atoms with E-state index in [1.165, 1.54) is 0 Å². The van der Waals surface area contributed by atoms with E-state index in [1.807, 2.05) is 56.5 Å². The first-order valence-corrected chi connectivity index (χ1v) is 9.47. The molecule has 6 heteroatoms. The van der Waals surface area contributed by atoms with Crippen molar-refractivity contribution in [2.45, 2.75) is 20.8 Å². The van der Waals surface area contributed by atoms with Crippen LogP contribution in [0.5, 0.6) is 11.5 Å². The van der Waals surface area contributed by atoms with Gasteiger partial charge in [0.1, 0.15) is 0 Å². The van der Waals surface area contributed by atoms with Crippen molar-refractivity contribution in [3.8, 4) is 17.2 Å². The number of aryl methyl sites for hydroxylation is 1. The minimum atomic E-state index is -0.318. The summed E-state index contributed by atoms with van der Waals surface area (Å²) in [6, 6.07) is 15.1. The number of aromatic nitrogens is 1. The van der Waals surface area contributed by atoms with Gasteiger partial charge in [-0.05, 0) is 57.2 Å². The number of ether oxygens (including phenoxy) is 3. The van der Waals surface area contributed by atoms with Crippen molar-refractivity contribution in [2.24, 2.45) is 4.99 Å². The van der Waals surface area contributed by atoms with E-state index < -0.39 is 0 Å². The Balaban J connectivity index is 1.63. The lowest BCUT2D eigenvalue weighted by Crippen LogP contribution is -2.06. The van der Waals surface area contributed by atoms with Crippen LogP contribution in [0.4, 0.5) is 5.69 Å². The Morgan fingerprint density at radius 3 is 2.79 bits per heavy atom. The molecule has 0 amide bonds. The minimum Gasteiger partial charge on any atom is -0.462 e. The topological polar surface area (TPSA) is 62.1 Å². The fourth-order valence-electron chi connectivity index (χ4n) is 3.41. The Morgan fingerprint density at radius 1 is 1.14 bits per heavy atom. The fourth-order valence-corrected chi connectivity index (χ4v) is 3.41. The summed E-state index contributed by atoms with van der Waals surface area (Å²) in [6.07, 6.45) is 1.84. The highest BCUT2D eigenvalue weighted by Crippen LogP contribution is 2.35. The third-order valence-electron chi connectivity index (χ3n) is 4.79. The lowest BCUT2D eigenvalue weighted by atomic mass is 10.2. The van der Waals surface area contributed by atoms with Crippen LogP contribution in [-0.2, 0) is 4.74 Å². The van der Waals surface area contributed by atoms with Crippen molar-refractivity contribution in [3.63, 3.8) is 0 Å². The van der Waals surface area contributed by atoms with E-state index in [0.29, 0.717) is 17.9 Å². The normalized spacial score (nSPS) is 12.5. The largest absolute Gasteiger partial charge is 0.462 e. The number of rotatable bonds is 5. The van der Waals surface area contributed by atoms with Crippen LogP contribution >= 0.6 is 0 Å². The van der Waals surface area contributed by atoms with Gasteiger partial charge in [-0.25, -0.2) is 4.79 Å². The summed E-state index contributed by atoms with van der Waals surface area (Å²) in [7, 11) is 0. The summed E-state index contributed by atoms with van der Waals surface area (Å²) in [5.74, 6) is 1.13. The molecule has 2 aromatic carbocycles. The average molecular weight is 390 g/mol. The molecule has 0 atom stereocenters. The van der Waals surface area contributed by atoms with Gasteiger partial charge in [0.15, 0.2) is 11.5 Å². The zero-order valence-electron chi connectivity index (χ0n) is 16.6. The van der Waals surface area contributed by atoms with E-state index in [4.69, 9.17) is 14.2 Å². The molecule has 29 heavy (non-hydrogen) atoms. The molecule has 148 valence electrons. The number of esters is 1. The van der Waals surface area contributed by atoms with Crippen molar-refractivity contribution >= 4 is 17.9 Å². The summed E-state index contributed by atoms with van der Waals surface area (Å²) in [5.41, 5.74) is 5.33. The van der Waals surface area contributed by atoms with E-state index in [2.05, 4.69) is 15.6 Å². The van der Waals surface area contributed by atoms with Crippen LogP contribution in [0.2, 0.25) is 0 Å². The van der Waals surface area contributed by atoms with E-state index in [1.54, 1.807) is 13.0 Å². The molecule has 1 aromatic heterocycles. The molecule has 0 aliphatic carbocycles. The van der Waals surface area contributed by atoms with Crippen molar-refractivity contribution in [1.29, 1.82) is 0 Å². The maximum absolute atomic E-state index is 12.1. The second-order valence-electron chi connectivity index (χ2n) is 6.73. The first kappa shape index (κ1) is 18.8. The van der Waals surface area contributed by atoms with Crippen LogP contribution in [0.15, 0.2) is 53.5 Å². The van der Waals surface area contributed by atoms with Gasteiger partial charge >= 0.3 is 5.97 Å². The fraction of sp³-hybridized carbons (Fsp3) is 0.217. The monoisotopic (exact) mass is 390 g/mol. The summed E-state index contributed by atoms with van der Waals surface area (Å²) < 4.78 is 18.0. The molecule has 1 aliphatic heterocycles. The highest BCUT2D eigenvalue weighted by atomic mass is 16.7. The maximum Gasteiger partial charge on any atom is 0.338 e. The number of nitrogens with zero attached hydrogens (tertiary/aromatic N) is 2. The van der Waals surface area contributed by atoms with Crippen LogP contribution in [-0.4, -0.2) is 30.2 Å². The summed E-state index contributed by atoms with van der Waals surface area (Å²) in [5, 5.41) is 0. The zero-order valence-corrected chi connectivity index (χ0v) is 16.6. The van der Waals surface area contributed by atoms with Gasteiger partial charge in [0.2, 0.25) is 6.79 Å². The summed E-state index contributed by atoms with van der Waals surface area (Å²) >= 11 is 0. The van der Waals surface area contributed by atoms with E-state index in [0.717, 1.165) is 34.1 Å².